The van der Waals surface area contributed by atoms with E-state index in [0.29, 0.717) is 45.3 Å². The first kappa shape index (κ1) is 27.6. The molecule has 226 valence electrons. The number of aromatic amines is 1. The van der Waals surface area contributed by atoms with Crippen molar-refractivity contribution in [3.8, 4) is 11.1 Å². The van der Waals surface area contributed by atoms with Crippen molar-refractivity contribution >= 4 is 45.2 Å². The summed E-state index contributed by atoms with van der Waals surface area (Å²) in [5, 5.41) is 13.5. The minimum atomic E-state index is -0.381. The maximum Gasteiger partial charge on any atom is 0.225 e. The average Bonchev–Trinajstić information content (AvgIpc) is 3.94. The van der Waals surface area contributed by atoms with Gasteiger partial charge in [-0.1, -0.05) is 24.6 Å². The fourth-order valence-corrected chi connectivity index (χ4v) is 7.82. The topological polar surface area (TPSA) is 73.0 Å². The Labute approximate surface area is 257 Å². The predicted molar refractivity (Wildman–Crippen MR) is 173 cm³/mol. The van der Waals surface area contributed by atoms with Crippen LogP contribution in [0.4, 0.5) is 16.2 Å². The van der Waals surface area contributed by atoms with Gasteiger partial charge in [0.2, 0.25) is 5.95 Å². The molecule has 4 aromatic rings. The largest absolute Gasteiger partial charge is 0.353 e. The number of halogens is 2. The number of likely N-dealkylation sites (tertiary alicyclic amines) is 1. The third-order valence-corrected chi connectivity index (χ3v) is 10.7. The molecule has 2 aliphatic carbocycles. The average molecular weight is 602 g/mol. The fraction of sp³-hybridized carbons (Fsp3) is 0.559. The number of aromatic nitrogens is 4. The summed E-state index contributed by atoms with van der Waals surface area (Å²) in [4.78, 5) is 15.0. The number of hydrogen-bond acceptors (Lipinski definition) is 6. The van der Waals surface area contributed by atoms with Crippen molar-refractivity contribution in [3.63, 3.8) is 0 Å². The van der Waals surface area contributed by atoms with E-state index in [0.717, 1.165) is 91.3 Å². The number of benzene rings is 2. The van der Waals surface area contributed by atoms with Crippen LogP contribution < -0.4 is 10.2 Å². The van der Waals surface area contributed by atoms with Crippen LogP contribution in [0.5, 0.6) is 0 Å². The maximum atomic E-state index is 17.1. The number of fused-ring (bicyclic) bond motifs is 2. The van der Waals surface area contributed by atoms with Gasteiger partial charge in [0.1, 0.15) is 11.3 Å². The molecule has 2 N–H and O–H groups in total. The summed E-state index contributed by atoms with van der Waals surface area (Å²) in [6.45, 7) is 9.62. The normalized spacial score (nSPS) is 23.9. The molecule has 0 unspecified atom stereocenters. The Balaban J connectivity index is 1.27. The molecular formula is C34H41ClFN7. The lowest BCUT2D eigenvalue weighted by atomic mass is 9.92. The van der Waals surface area contributed by atoms with E-state index in [1.165, 1.54) is 19.3 Å². The van der Waals surface area contributed by atoms with Gasteiger partial charge in [0.25, 0.3) is 0 Å². The zero-order valence-electron chi connectivity index (χ0n) is 25.4. The second-order valence-corrected chi connectivity index (χ2v) is 14.2. The number of hydrogen-bond donors (Lipinski definition) is 2. The summed E-state index contributed by atoms with van der Waals surface area (Å²) in [7, 11) is 0. The molecule has 0 radical (unpaired) electrons. The first-order valence-corrected chi connectivity index (χ1v) is 16.7. The summed E-state index contributed by atoms with van der Waals surface area (Å²) in [6, 6.07) is 7.29. The van der Waals surface area contributed by atoms with E-state index in [4.69, 9.17) is 21.6 Å². The molecule has 0 spiro atoms. The zero-order chi connectivity index (χ0) is 29.4. The third kappa shape index (κ3) is 4.95. The van der Waals surface area contributed by atoms with Crippen LogP contribution >= 0.6 is 11.6 Å². The Morgan fingerprint density at radius 2 is 1.77 bits per heavy atom. The van der Waals surface area contributed by atoms with Gasteiger partial charge < -0.3 is 15.1 Å². The Hall–Kier alpha value is -2.97. The molecule has 0 amide bonds. The number of anilines is 2. The van der Waals surface area contributed by atoms with Crippen LogP contribution in [0, 0.1) is 18.7 Å². The van der Waals surface area contributed by atoms with Crippen LogP contribution in [0.3, 0.4) is 0 Å². The number of rotatable bonds is 6. The molecule has 2 aromatic heterocycles. The predicted octanol–water partition coefficient (Wildman–Crippen LogP) is 7.81. The molecule has 4 fully saturated rings. The Morgan fingerprint density at radius 1 is 0.977 bits per heavy atom. The first-order valence-electron chi connectivity index (χ1n) is 16.3. The van der Waals surface area contributed by atoms with Crippen molar-refractivity contribution in [2.45, 2.75) is 96.2 Å². The monoisotopic (exact) mass is 601 g/mol. The van der Waals surface area contributed by atoms with E-state index in [-0.39, 0.29) is 11.9 Å². The molecule has 2 aliphatic heterocycles. The standard InChI is InChI=1S/C34H41ClFN7/c1-18-4-6-20(3)43(17-18)33-24-16-25(35)28(27-19(2)5-11-26-29(27)31(41-40-26)21-7-8-21)30(36)32(24)38-34(39-33)37-22-12-14-42(15-13-22)23-9-10-23/h5,11,16,18,20-23H,4,6-10,12-15,17H2,1-3H3,(H,40,41)(H,37,38,39)/t18-,20-/m0/s1. The smallest absolute Gasteiger partial charge is 0.225 e. The molecule has 43 heavy (non-hydrogen) atoms. The highest BCUT2D eigenvalue weighted by Crippen LogP contribution is 2.48. The summed E-state index contributed by atoms with van der Waals surface area (Å²) in [5.41, 5.74) is 4.47. The number of piperidine rings is 2. The van der Waals surface area contributed by atoms with Gasteiger partial charge in [-0.05, 0) is 88.8 Å². The lowest BCUT2D eigenvalue weighted by Gasteiger charge is -2.38. The molecule has 4 heterocycles. The van der Waals surface area contributed by atoms with Gasteiger partial charge >= 0.3 is 0 Å². The second kappa shape index (κ2) is 10.6. The van der Waals surface area contributed by atoms with Gasteiger partial charge in [-0.15, -0.1) is 0 Å². The summed E-state index contributed by atoms with van der Waals surface area (Å²) >= 11 is 7.08. The van der Waals surface area contributed by atoms with Crippen LogP contribution in [-0.2, 0) is 0 Å². The van der Waals surface area contributed by atoms with Gasteiger partial charge in [-0.25, -0.2) is 9.37 Å². The lowest BCUT2D eigenvalue weighted by Crippen LogP contribution is -2.42. The van der Waals surface area contributed by atoms with E-state index in [1.54, 1.807) is 0 Å². The van der Waals surface area contributed by atoms with Gasteiger partial charge in [0.05, 0.1) is 10.5 Å². The maximum absolute atomic E-state index is 17.1. The molecule has 8 rings (SSSR count). The van der Waals surface area contributed by atoms with E-state index in [2.05, 4.69) is 39.2 Å². The van der Waals surface area contributed by atoms with Crippen LogP contribution in [0.15, 0.2) is 18.2 Å². The highest BCUT2D eigenvalue weighted by molar-refractivity contribution is 6.35. The first-order chi connectivity index (χ1) is 20.9. The molecule has 0 bridgehead atoms. The van der Waals surface area contributed by atoms with Gasteiger partial charge in [-0.3, -0.25) is 5.10 Å². The second-order valence-electron chi connectivity index (χ2n) is 13.7. The molecule has 2 aromatic carbocycles. The lowest BCUT2D eigenvalue weighted by molar-refractivity contribution is 0.210. The Bertz CT molecular complexity index is 1700. The van der Waals surface area contributed by atoms with Crippen molar-refractivity contribution in [2.24, 2.45) is 5.92 Å². The SMILES string of the molecule is Cc1ccc2n[nH]c(C3CC3)c2c1-c1c(Cl)cc2c(N3C[C@@H](C)CC[C@@H]3C)nc(NC3CCN(C4CC4)CC3)nc2c1F. The van der Waals surface area contributed by atoms with E-state index >= 15 is 4.39 Å². The summed E-state index contributed by atoms with van der Waals surface area (Å²) in [6.07, 6.45) is 9.26. The summed E-state index contributed by atoms with van der Waals surface area (Å²) in [5.74, 6) is 1.89. The third-order valence-electron chi connectivity index (χ3n) is 10.4. The Kier molecular flexibility index (Phi) is 6.79. The van der Waals surface area contributed by atoms with Crippen LogP contribution in [0.1, 0.15) is 82.4 Å². The quantitative estimate of drug-likeness (QED) is 0.235. The number of nitrogens with one attached hydrogen (secondary N) is 2. The number of nitrogens with zero attached hydrogens (tertiary/aromatic N) is 5. The minimum Gasteiger partial charge on any atom is -0.353 e. The van der Waals surface area contributed by atoms with Crippen molar-refractivity contribution in [2.75, 3.05) is 29.9 Å². The Morgan fingerprint density at radius 3 is 2.51 bits per heavy atom. The highest BCUT2D eigenvalue weighted by Gasteiger charge is 2.34. The zero-order valence-corrected chi connectivity index (χ0v) is 26.1. The highest BCUT2D eigenvalue weighted by atomic mass is 35.5. The molecule has 7 nitrogen and oxygen atoms in total. The molecule has 2 atom stereocenters. The number of aryl methyl sites for hydroxylation is 1. The summed E-state index contributed by atoms with van der Waals surface area (Å²) < 4.78 is 17.1. The number of H-pyrrole nitrogens is 1. The van der Waals surface area contributed by atoms with Crippen molar-refractivity contribution in [1.82, 2.24) is 25.1 Å². The van der Waals surface area contributed by atoms with Gasteiger partial charge in [-0.2, -0.15) is 10.1 Å². The molecular weight excluding hydrogens is 561 g/mol. The van der Waals surface area contributed by atoms with Gasteiger partial charge in [0.15, 0.2) is 5.82 Å². The fourth-order valence-electron chi connectivity index (χ4n) is 7.54. The van der Waals surface area contributed by atoms with Crippen LogP contribution in [0.25, 0.3) is 32.9 Å². The van der Waals surface area contributed by atoms with E-state index in [9.17, 15) is 0 Å². The van der Waals surface area contributed by atoms with Crippen molar-refractivity contribution in [3.05, 3.63) is 40.3 Å². The minimum absolute atomic E-state index is 0.274. The van der Waals surface area contributed by atoms with E-state index < -0.39 is 0 Å². The molecule has 4 aliphatic rings. The molecule has 2 saturated carbocycles. The molecule has 2 saturated heterocycles. The van der Waals surface area contributed by atoms with Crippen molar-refractivity contribution < 1.29 is 4.39 Å². The van der Waals surface area contributed by atoms with Gasteiger partial charge in [0, 0.05) is 71.3 Å². The van der Waals surface area contributed by atoms with Crippen LogP contribution in [-0.4, -0.2) is 62.8 Å². The van der Waals surface area contributed by atoms with Crippen molar-refractivity contribution in [1.29, 1.82) is 0 Å². The van der Waals surface area contributed by atoms with Crippen LogP contribution in [0.2, 0.25) is 5.02 Å². The molecule has 9 heteroatoms. The van der Waals surface area contributed by atoms with E-state index in [1.807, 2.05) is 25.1 Å².